The number of nitrogens with two attached hydrogens (primary N) is 1. The van der Waals surface area contributed by atoms with E-state index in [1.807, 2.05) is 0 Å². The van der Waals surface area contributed by atoms with E-state index in [-0.39, 0.29) is 65.3 Å². The Morgan fingerprint density at radius 2 is 1.89 bits per heavy atom. The standard InChI is InChI=1S/C26H21F5N2O4/c1-2-35-23(34)9-15-3-4-16(27)10-22(15)36-12-14-7-18(17-5-6-33-21(11-32)24(17)28)25-19(8-14)20(13-37-25)26(29,30)31/h3-8,10,13H,2,9,11-12,32H2,1H3. The third kappa shape index (κ3) is 5.56. The van der Waals surface area contributed by atoms with Crippen molar-refractivity contribution in [2.75, 3.05) is 6.61 Å². The number of fused-ring (bicyclic) bond motifs is 1. The van der Waals surface area contributed by atoms with Crippen molar-refractivity contribution < 1.29 is 40.6 Å². The number of carbonyl (C=O) groups is 1. The fourth-order valence-electron chi connectivity index (χ4n) is 3.87. The van der Waals surface area contributed by atoms with Gasteiger partial charge in [-0.25, -0.2) is 8.78 Å². The fraction of sp³-hybridized carbons (Fsp3) is 0.231. The van der Waals surface area contributed by atoms with E-state index in [0.717, 1.165) is 12.1 Å². The van der Waals surface area contributed by atoms with Gasteiger partial charge in [0, 0.05) is 40.9 Å². The van der Waals surface area contributed by atoms with E-state index in [9.17, 15) is 22.4 Å². The smallest absolute Gasteiger partial charge is 0.420 e. The summed E-state index contributed by atoms with van der Waals surface area (Å²) in [6.45, 7) is 1.26. The molecule has 2 N–H and O–H groups in total. The zero-order chi connectivity index (χ0) is 26.7. The quantitative estimate of drug-likeness (QED) is 0.229. The van der Waals surface area contributed by atoms with Crippen molar-refractivity contribution in [3.8, 4) is 16.9 Å². The highest BCUT2D eigenvalue weighted by Gasteiger charge is 2.35. The van der Waals surface area contributed by atoms with Gasteiger partial charge in [0.15, 0.2) is 5.82 Å². The van der Waals surface area contributed by atoms with E-state index in [4.69, 9.17) is 19.6 Å². The maximum atomic E-state index is 15.1. The van der Waals surface area contributed by atoms with Gasteiger partial charge in [-0.15, -0.1) is 0 Å². The maximum Gasteiger partial charge on any atom is 0.420 e. The number of furan rings is 1. The first kappa shape index (κ1) is 26.1. The Balaban J connectivity index is 1.78. The molecule has 0 saturated carbocycles. The Kier molecular flexibility index (Phi) is 7.44. The lowest BCUT2D eigenvalue weighted by Crippen LogP contribution is -2.09. The van der Waals surface area contributed by atoms with Crippen molar-refractivity contribution >= 4 is 16.9 Å². The van der Waals surface area contributed by atoms with Gasteiger partial charge in [-0.2, -0.15) is 13.2 Å². The number of benzene rings is 2. The van der Waals surface area contributed by atoms with Crippen LogP contribution in [-0.2, 0) is 35.3 Å². The Hall–Kier alpha value is -3.99. The minimum atomic E-state index is -4.74. The van der Waals surface area contributed by atoms with Crippen LogP contribution in [-0.4, -0.2) is 17.6 Å². The average molecular weight is 520 g/mol. The van der Waals surface area contributed by atoms with Gasteiger partial charge in [0.1, 0.15) is 35.6 Å². The van der Waals surface area contributed by atoms with Crippen molar-refractivity contribution in [1.29, 1.82) is 0 Å². The van der Waals surface area contributed by atoms with Gasteiger partial charge in [0.25, 0.3) is 0 Å². The molecule has 0 aliphatic carbocycles. The van der Waals surface area contributed by atoms with Crippen LogP contribution in [0.15, 0.2) is 53.3 Å². The molecule has 2 aromatic heterocycles. The van der Waals surface area contributed by atoms with Crippen LogP contribution in [0.3, 0.4) is 0 Å². The monoisotopic (exact) mass is 520 g/mol. The maximum absolute atomic E-state index is 15.1. The minimum Gasteiger partial charge on any atom is -0.488 e. The van der Waals surface area contributed by atoms with E-state index in [1.54, 1.807) is 6.92 Å². The van der Waals surface area contributed by atoms with Crippen LogP contribution in [0.2, 0.25) is 0 Å². The highest BCUT2D eigenvalue weighted by atomic mass is 19.4. The first-order valence-electron chi connectivity index (χ1n) is 11.1. The first-order valence-corrected chi connectivity index (χ1v) is 11.1. The number of alkyl halides is 3. The second-order valence-corrected chi connectivity index (χ2v) is 8.01. The molecule has 0 aliphatic rings. The Labute approximate surface area is 207 Å². The van der Waals surface area contributed by atoms with Crippen LogP contribution in [0, 0.1) is 11.6 Å². The minimum absolute atomic E-state index is 0.0125. The molecule has 0 unspecified atom stereocenters. The average Bonchev–Trinajstić information content (AvgIpc) is 3.29. The largest absolute Gasteiger partial charge is 0.488 e. The summed E-state index contributed by atoms with van der Waals surface area (Å²) in [5, 5.41) is -0.305. The van der Waals surface area contributed by atoms with Crippen molar-refractivity contribution in [2.45, 2.75) is 32.7 Å². The number of hydrogen-bond donors (Lipinski definition) is 1. The molecule has 6 nitrogen and oxygen atoms in total. The zero-order valence-electron chi connectivity index (χ0n) is 19.5. The summed E-state index contributed by atoms with van der Waals surface area (Å²) in [6.07, 6.45) is -3.09. The zero-order valence-corrected chi connectivity index (χ0v) is 19.5. The fourth-order valence-corrected chi connectivity index (χ4v) is 3.87. The molecule has 4 aromatic rings. The number of carbonyl (C=O) groups excluding carboxylic acids is 1. The van der Waals surface area contributed by atoms with Crippen LogP contribution in [0.1, 0.15) is 29.3 Å². The third-order valence-electron chi connectivity index (χ3n) is 5.55. The molecular weight excluding hydrogens is 499 g/mol. The molecule has 0 radical (unpaired) electrons. The van der Waals surface area contributed by atoms with E-state index < -0.39 is 29.3 Å². The third-order valence-corrected chi connectivity index (χ3v) is 5.55. The Morgan fingerprint density at radius 1 is 1.11 bits per heavy atom. The van der Waals surface area contributed by atoms with Crippen molar-refractivity contribution in [2.24, 2.45) is 5.73 Å². The van der Waals surface area contributed by atoms with Gasteiger partial charge >= 0.3 is 12.1 Å². The molecule has 37 heavy (non-hydrogen) atoms. The van der Waals surface area contributed by atoms with Crippen molar-refractivity contribution in [1.82, 2.24) is 4.98 Å². The molecular formula is C26H21F5N2O4. The van der Waals surface area contributed by atoms with E-state index in [2.05, 4.69) is 4.98 Å². The van der Waals surface area contributed by atoms with Crippen molar-refractivity contribution in [3.63, 3.8) is 0 Å². The molecule has 0 bridgehead atoms. The summed E-state index contributed by atoms with van der Waals surface area (Å²) in [5.41, 5.74) is 4.75. The second-order valence-electron chi connectivity index (χ2n) is 8.01. The number of rotatable bonds is 8. The topological polar surface area (TPSA) is 87.6 Å². The normalized spacial score (nSPS) is 11.6. The lowest BCUT2D eigenvalue weighted by atomic mass is 9.98. The predicted molar refractivity (Wildman–Crippen MR) is 123 cm³/mol. The number of esters is 1. The predicted octanol–water partition coefficient (Wildman–Crippen LogP) is 5.94. The number of halogens is 5. The van der Waals surface area contributed by atoms with E-state index in [0.29, 0.717) is 11.8 Å². The molecule has 0 fully saturated rings. The SMILES string of the molecule is CCOC(=O)Cc1ccc(F)cc1OCc1cc(-c2ccnc(CN)c2F)c2occ(C(F)(F)F)c2c1. The van der Waals surface area contributed by atoms with Gasteiger partial charge in [-0.05, 0) is 36.8 Å². The van der Waals surface area contributed by atoms with E-state index in [1.165, 1.54) is 30.5 Å². The Morgan fingerprint density at radius 3 is 2.59 bits per heavy atom. The van der Waals surface area contributed by atoms with E-state index >= 15 is 4.39 Å². The van der Waals surface area contributed by atoms with Gasteiger partial charge in [-0.3, -0.25) is 9.78 Å². The van der Waals surface area contributed by atoms with Crippen LogP contribution in [0.25, 0.3) is 22.1 Å². The van der Waals surface area contributed by atoms with Gasteiger partial charge in [0.05, 0.1) is 18.7 Å². The summed E-state index contributed by atoms with van der Waals surface area (Å²) >= 11 is 0. The second kappa shape index (κ2) is 10.6. The summed E-state index contributed by atoms with van der Waals surface area (Å²) in [7, 11) is 0. The molecule has 0 amide bonds. The van der Waals surface area contributed by atoms with Crippen LogP contribution in [0.4, 0.5) is 22.0 Å². The van der Waals surface area contributed by atoms with Gasteiger partial charge in [0.2, 0.25) is 0 Å². The highest BCUT2D eigenvalue weighted by molar-refractivity contribution is 5.95. The molecule has 2 aromatic carbocycles. The number of hydrogen-bond acceptors (Lipinski definition) is 6. The van der Waals surface area contributed by atoms with Gasteiger partial charge in [-0.1, -0.05) is 6.07 Å². The molecule has 0 saturated heterocycles. The molecule has 0 spiro atoms. The summed E-state index contributed by atoms with van der Waals surface area (Å²) in [4.78, 5) is 15.8. The summed E-state index contributed by atoms with van der Waals surface area (Å²) in [6, 6.07) is 7.48. The molecule has 194 valence electrons. The molecule has 0 aliphatic heterocycles. The van der Waals surface area contributed by atoms with Crippen LogP contribution >= 0.6 is 0 Å². The highest BCUT2D eigenvalue weighted by Crippen LogP contribution is 2.41. The summed E-state index contributed by atoms with van der Waals surface area (Å²) < 4.78 is 85.9. The number of ether oxygens (including phenoxy) is 2. The number of nitrogens with zero attached hydrogens (tertiary/aromatic N) is 1. The molecule has 0 atom stereocenters. The lowest BCUT2D eigenvalue weighted by Gasteiger charge is -2.14. The lowest BCUT2D eigenvalue weighted by molar-refractivity contribution is -0.142. The Bertz CT molecular complexity index is 1450. The number of aromatic nitrogens is 1. The van der Waals surface area contributed by atoms with Crippen LogP contribution in [0.5, 0.6) is 5.75 Å². The first-order chi connectivity index (χ1) is 17.6. The number of pyridine rings is 1. The molecule has 2 heterocycles. The van der Waals surface area contributed by atoms with Crippen LogP contribution < -0.4 is 10.5 Å². The molecule has 11 heteroatoms. The summed E-state index contributed by atoms with van der Waals surface area (Å²) in [5.74, 6) is -1.98. The van der Waals surface area contributed by atoms with Gasteiger partial charge < -0.3 is 19.6 Å². The van der Waals surface area contributed by atoms with Crippen molar-refractivity contribution in [3.05, 3.63) is 82.9 Å². The molecule has 4 rings (SSSR count).